The molecule has 0 spiro atoms. The van der Waals surface area contributed by atoms with Crippen molar-refractivity contribution in [1.29, 1.82) is 0 Å². The lowest BCUT2D eigenvalue weighted by atomic mass is 10.1. The smallest absolute Gasteiger partial charge is 0.251 e. The first-order valence-corrected chi connectivity index (χ1v) is 9.16. The van der Waals surface area contributed by atoms with Crippen LogP contribution in [0.15, 0.2) is 54.6 Å². The number of benzene rings is 2. The van der Waals surface area contributed by atoms with E-state index in [0.717, 1.165) is 25.8 Å². The molecule has 2 aromatic rings. The Labute approximate surface area is 154 Å². The summed E-state index contributed by atoms with van der Waals surface area (Å²) in [6.07, 6.45) is 3.47. The standard InChI is InChI=1S/C21H25N3O2/c25-20(15-19-7-4-13-22-19)24-18-10-8-17(9-11-18)21(26)23-14-12-16-5-2-1-3-6-16/h1-3,5-6,8-11,19,22H,4,7,12-15H2,(H,23,26)(H,24,25). The van der Waals surface area contributed by atoms with Crippen LogP contribution in [0.25, 0.3) is 0 Å². The molecule has 0 aliphatic carbocycles. The number of rotatable bonds is 7. The molecule has 1 saturated heterocycles. The highest BCUT2D eigenvalue weighted by molar-refractivity contribution is 5.95. The summed E-state index contributed by atoms with van der Waals surface area (Å²) in [5.41, 5.74) is 2.50. The first-order chi connectivity index (χ1) is 12.7. The van der Waals surface area contributed by atoms with Crippen LogP contribution in [0.5, 0.6) is 0 Å². The second-order valence-corrected chi connectivity index (χ2v) is 6.61. The number of carbonyl (C=O) groups is 2. The molecule has 0 aromatic heterocycles. The fourth-order valence-corrected chi connectivity index (χ4v) is 3.14. The highest BCUT2D eigenvalue weighted by atomic mass is 16.2. The highest BCUT2D eigenvalue weighted by Crippen LogP contribution is 2.13. The topological polar surface area (TPSA) is 70.2 Å². The van der Waals surface area contributed by atoms with Crippen LogP contribution in [-0.4, -0.2) is 30.9 Å². The van der Waals surface area contributed by atoms with Crippen LogP contribution in [0.2, 0.25) is 0 Å². The summed E-state index contributed by atoms with van der Waals surface area (Å²) in [5.74, 6) is -0.0987. The Morgan fingerprint density at radius 1 is 1.04 bits per heavy atom. The van der Waals surface area contributed by atoms with Gasteiger partial charge in [0.25, 0.3) is 5.91 Å². The second kappa shape index (κ2) is 9.15. The van der Waals surface area contributed by atoms with Crippen LogP contribution in [0.4, 0.5) is 5.69 Å². The van der Waals surface area contributed by atoms with E-state index in [4.69, 9.17) is 0 Å². The Morgan fingerprint density at radius 2 is 1.81 bits per heavy atom. The van der Waals surface area contributed by atoms with E-state index >= 15 is 0 Å². The van der Waals surface area contributed by atoms with E-state index < -0.39 is 0 Å². The van der Waals surface area contributed by atoms with Gasteiger partial charge < -0.3 is 16.0 Å². The molecule has 5 nitrogen and oxygen atoms in total. The summed E-state index contributed by atoms with van der Waals surface area (Å²) in [6.45, 7) is 1.59. The van der Waals surface area contributed by atoms with Crippen LogP contribution in [0.3, 0.4) is 0 Å². The molecule has 1 aliphatic rings. The molecule has 0 saturated carbocycles. The molecule has 1 aliphatic heterocycles. The summed E-state index contributed by atoms with van der Waals surface area (Å²) in [5, 5.41) is 9.13. The third-order valence-electron chi connectivity index (χ3n) is 4.57. The van der Waals surface area contributed by atoms with Gasteiger partial charge in [-0.15, -0.1) is 0 Å². The van der Waals surface area contributed by atoms with Gasteiger partial charge in [0, 0.05) is 30.3 Å². The second-order valence-electron chi connectivity index (χ2n) is 6.61. The monoisotopic (exact) mass is 351 g/mol. The fourth-order valence-electron chi connectivity index (χ4n) is 3.14. The van der Waals surface area contributed by atoms with Crippen LogP contribution < -0.4 is 16.0 Å². The minimum absolute atomic E-state index is 0.00413. The third kappa shape index (κ3) is 5.43. The van der Waals surface area contributed by atoms with Crippen molar-refractivity contribution in [2.75, 3.05) is 18.4 Å². The van der Waals surface area contributed by atoms with Crippen molar-refractivity contribution in [3.05, 3.63) is 65.7 Å². The SMILES string of the molecule is O=C(CC1CCCN1)Nc1ccc(C(=O)NCCc2ccccc2)cc1. The molecule has 2 aromatic carbocycles. The fraction of sp³-hybridized carbons (Fsp3) is 0.333. The van der Waals surface area contributed by atoms with E-state index in [-0.39, 0.29) is 17.9 Å². The van der Waals surface area contributed by atoms with Crippen molar-refractivity contribution < 1.29 is 9.59 Å². The molecular weight excluding hydrogens is 326 g/mol. The molecular formula is C21H25N3O2. The van der Waals surface area contributed by atoms with Crippen molar-refractivity contribution >= 4 is 17.5 Å². The maximum atomic E-state index is 12.2. The first kappa shape index (κ1) is 18.1. The van der Waals surface area contributed by atoms with Gasteiger partial charge >= 0.3 is 0 Å². The van der Waals surface area contributed by atoms with E-state index in [1.807, 2.05) is 30.3 Å². The van der Waals surface area contributed by atoms with E-state index in [9.17, 15) is 9.59 Å². The quantitative estimate of drug-likeness (QED) is 0.718. The summed E-state index contributed by atoms with van der Waals surface area (Å²) in [4.78, 5) is 24.2. The molecule has 0 bridgehead atoms. The Balaban J connectivity index is 1.44. The van der Waals surface area contributed by atoms with Crippen molar-refractivity contribution in [2.24, 2.45) is 0 Å². The molecule has 1 fully saturated rings. The Hall–Kier alpha value is -2.66. The summed E-state index contributed by atoms with van der Waals surface area (Å²) in [6, 6.07) is 17.4. The molecule has 5 heteroatoms. The van der Waals surface area contributed by atoms with E-state index in [1.165, 1.54) is 5.56 Å². The van der Waals surface area contributed by atoms with Crippen molar-refractivity contribution in [3.63, 3.8) is 0 Å². The van der Waals surface area contributed by atoms with Gasteiger partial charge in [0.15, 0.2) is 0 Å². The zero-order valence-electron chi connectivity index (χ0n) is 14.8. The van der Waals surface area contributed by atoms with E-state index in [2.05, 4.69) is 16.0 Å². The van der Waals surface area contributed by atoms with Crippen molar-refractivity contribution in [3.8, 4) is 0 Å². The molecule has 1 unspecified atom stereocenters. The zero-order chi connectivity index (χ0) is 18.2. The Bertz CT molecular complexity index is 723. The molecule has 3 rings (SSSR count). The molecule has 2 amide bonds. The minimum atomic E-state index is -0.103. The number of hydrogen-bond donors (Lipinski definition) is 3. The highest BCUT2D eigenvalue weighted by Gasteiger charge is 2.17. The van der Waals surface area contributed by atoms with E-state index in [0.29, 0.717) is 24.2 Å². The molecule has 26 heavy (non-hydrogen) atoms. The van der Waals surface area contributed by atoms with Crippen LogP contribution in [-0.2, 0) is 11.2 Å². The van der Waals surface area contributed by atoms with Gasteiger partial charge in [0.05, 0.1) is 0 Å². The van der Waals surface area contributed by atoms with Crippen molar-refractivity contribution in [1.82, 2.24) is 10.6 Å². The van der Waals surface area contributed by atoms with Gasteiger partial charge in [-0.1, -0.05) is 30.3 Å². The molecule has 3 N–H and O–H groups in total. The zero-order valence-corrected chi connectivity index (χ0v) is 14.8. The summed E-state index contributed by atoms with van der Waals surface area (Å²) >= 11 is 0. The third-order valence-corrected chi connectivity index (χ3v) is 4.57. The van der Waals surface area contributed by atoms with Gasteiger partial charge in [0.2, 0.25) is 5.91 Å². The largest absolute Gasteiger partial charge is 0.352 e. The predicted octanol–water partition coefficient (Wildman–Crippen LogP) is 2.74. The molecule has 1 heterocycles. The average molecular weight is 351 g/mol. The van der Waals surface area contributed by atoms with Gasteiger partial charge in [-0.3, -0.25) is 9.59 Å². The maximum absolute atomic E-state index is 12.2. The normalized spacial score (nSPS) is 16.2. The lowest BCUT2D eigenvalue weighted by molar-refractivity contribution is -0.116. The number of nitrogens with one attached hydrogen (secondary N) is 3. The predicted molar refractivity (Wildman–Crippen MR) is 103 cm³/mol. The number of hydrogen-bond acceptors (Lipinski definition) is 3. The maximum Gasteiger partial charge on any atom is 0.251 e. The lowest BCUT2D eigenvalue weighted by Crippen LogP contribution is -2.27. The van der Waals surface area contributed by atoms with Crippen LogP contribution >= 0.6 is 0 Å². The molecule has 0 radical (unpaired) electrons. The first-order valence-electron chi connectivity index (χ1n) is 9.16. The molecule has 136 valence electrons. The minimum Gasteiger partial charge on any atom is -0.352 e. The summed E-state index contributed by atoms with van der Waals surface area (Å²) < 4.78 is 0. The average Bonchev–Trinajstić information content (AvgIpc) is 3.16. The van der Waals surface area contributed by atoms with Gasteiger partial charge in [-0.05, 0) is 55.6 Å². The Kier molecular flexibility index (Phi) is 6.39. The van der Waals surface area contributed by atoms with Crippen LogP contribution in [0, 0.1) is 0 Å². The lowest BCUT2D eigenvalue weighted by Gasteiger charge is -2.11. The Morgan fingerprint density at radius 3 is 2.50 bits per heavy atom. The number of carbonyl (C=O) groups excluding carboxylic acids is 2. The number of anilines is 1. The van der Waals surface area contributed by atoms with Crippen LogP contribution in [0.1, 0.15) is 35.2 Å². The van der Waals surface area contributed by atoms with Gasteiger partial charge in [-0.2, -0.15) is 0 Å². The van der Waals surface area contributed by atoms with Gasteiger partial charge in [0.1, 0.15) is 0 Å². The van der Waals surface area contributed by atoms with Crippen molar-refractivity contribution in [2.45, 2.75) is 31.7 Å². The van der Waals surface area contributed by atoms with Gasteiger partial charge in [-0.25, -0.2) is 0 Å². The molecule has 1 atom stereocenters. The van der Waals surface area contributed by atoms with E-state index in [1.54, 1.807) is 24.3 Å². The number of amides is 2. The summed E-state index contributed by atoms with van der Waals surface area (Å²) in [7, 11) is 0.